The van der Waals surface area contributed by atoms with Crippen LogP contribution in [0, 0.1) is 19.7 Å². The molecular weight excluding hydrogens is 309 g/mol. The molecule has 5 heteroatoms. The Balaban J connectivity index is 1.75. The maximum Gasteiger partial charge on any atom is 0.338 e. The fourth-order valence-electron chi connectivity index (χ4n) is 2.23. The van der Waals surface area contributed by atoms with Crippen LogP contribution in [0.5, 0.6) is 0 Å². The van der Waals surface area contributed by atoms with E-state index in [-0.39, 0.29) is 18.3 Å². The number of hydrogen-bond donors (Lipinski definition) is 1. The Labute approximate surface area is 140 Å². The monoisotopic (exact) mass is 329 g/mol. The summed E-state index contributed by atoms with van der Waals surface area (Å²) in [6, 6.07) is 11.5. The van der Waals surface area contributed by atoms with Crippen LogP contribution in [-0.4, -0.2) is 25.0 Å². The van der Waals surface area contributed by atoms with Crippen LogP contribution < -0.4 is 5.32 Å². The predicted octanol–water partition coefficient (Wildman–Crippen LogP) is 2.96. The minimum Gasteiger partial charge on any atom is -0.452 e. The number of aryl methyl sites for hydroxylation is 1. The van der Waals surface area contributed by atoms with Crippen molar-refractivity contribution < 1.29 is 18.7 Å². The number of carbonyl (C=O) groups is 2. The molecule has 0 heterocycles. The molecule has 24 heavy (non-hydrogen) atoms. The fourth-order valence-corrected chi connectivity index (χ4v) is 2.23. The Kier molecular flexibility index (Phi) is 6.07. The Hall–Kier alpha value is -2.69. The van der Waals surface area contributed by atoms with Crippen molar-refractivity contribution in [2.24, 2.45) is 0 Å². The average Bonchev–Trinajstić information content (AvgIpc) is 2.57. The van der Waals surface area contributed by atoms with Crippen molar-refractivity contribution in [3.05, 3.63) is 70.5 Å². The summed E-state index contributed by atoms with van der Waals surface area (Å²) >= 11 is 0. The zero-order valence-corrected chi connectivity index (χ0v) is 13.8. The van der Waals surface area contributed by atoms with Crippen LogP contribution in [0.4, 0.5) is 4.39 Å². The lowest BCUT2D eigenvalue weighted by Crippen LogP contribution is -2.30. The van der Waals surface area contributed by atoms with Crippen molar-refractivity contribution in [1.29, 1.82) is 0 Å². The van der Waals surface area contributed by atoms with Gasteiger partial charge in [0.15, 0.2) is 6.61 Å². The molecule has 0 aromatic heterocycles. The van der Waals surface area contributed by atoms with Gasteiger partial charge in [-0.3, -0.25) is 4.79 Å². The number of esters is 1. The smallest absolute Gasteiger partial charge is 0.338 e. The van der Waals surface area contributed by atoms with Gasteiger partial charge in [0.1, 0.15) is 5.82 Å². The molecule has 0 aliphatic rings. The molecular formula is C19H20FNO3. The van der Waals surface area contributed by atoms with Gasteiger partial charge in [0.25, 0.3) is 5.91 Å². The largest absolute Gasteiger partial charge is 0.452 e. The zero-order valence-electron chi connectivity index (χ0n) is 13.8. The van der Waals surface area contributed by atoms with Crippen molar-refractivity contribution in [3.8, 4) is 0 Å². The Morgan fingerprint density at radius 2 is 1.79 bits per heavy atom. The van der Waals surface area contributed by atoms with Crippen LogP contribution >= 0.6 is 0 Å². The number of ether oxygens (including phenoxy) is 1. The van der Waals surface area contributed by atoms with Gasteiger partial charge in [-0.2, -0.15) is 0 Å². The molecule has 0 saturated heterocycles. The molecule has 0 unspecified atom stereocenters. The van der Waals surface area contributed by atoms with E-state index in [1.54, 1.807) is 24.3 Å². The van der Waals surface area contributed by atoms with Gasteiger partial charge >= 0.3 is 5.97 Å². The SMILES string of the molecule is Cc1cccc(C(=O)OCC(=O)NCCc2ccc(F)cc2)c1C. The standard InChI is InChI=1S/C19H20FNO3/c1-13-4-3-5-17(14(13)2)19(23)24-12-18(22)21-11-10-15-6-8-16(20)9-7-15/h3-9H,10-12H2,1-2H3,(H,21,22). The first-order valence-corrected chi connectivity index (χ1v) is 7.72. The lowest BCUT2D eigenvalue weighted by Gasteiger charge is -2.09. The molecule has 0 fully saturated rings. The van der Waals surface area contributed by atoms with Crippen molar-refractivity contribution >= 4 is 11.9 Å². The zero-order chi connectivity index (χ0) is 17.5. The molecule has 1 amide bonds. The van der Waals surface area contributed by atoms with E-state index >= 15 is 0 Å². The average molecular weight is 329 g/mol. The highest BCUT2D eigenvalue weighted by atomic mass is 19.1. The van der Waals surface area contributed by atoms with E-state index in [9.17, 15) is 14.0 Å². The van der Waals surface area contributed by atoms with Gasteiger partial charge in [0, 0.05) is 6.54 Å². The highest BCUT2D eigenvalue weighted by Gasteiger charge is 2.13. The minimum atomic E-state index is -0.509. The third-order valence-electron chi connectivity index (χ3n) is 3.81. The second-order valence-corrected chi connectivity index (χ2v) is 5.55. The first-order chi connectivity index (χ1) is 11.5. The molecule has 0 spiro atoms. The third-order valence-corrected chi connectivity index (χ3v) is 3.81. The van der Waals surface area contributed by atoms with Crippen LogP contribution in [0.25, 0.3) is 0 Å². The molecule has 2 aromatic rings. The minimum absolute atomic E-state index is 0.291. The summed E-state index contributed by atoms with van der Waals surface area (Å²) in [5.41, 5.74) is 3.23. The highest BCUT2D eigenvalue weighted by Crippen LogP contribution is 2.13. The number of hydrogen-bond acceptors (Lipinski definition) is 3. The van der Waals surface area contributed by atoms with Crippen molar-refractivity contribution in [3.63, 3.8) is 0 Å². The number of benzene rings is 2. The van der Waals surface area contributed by atoms with Gasteiger partial charge in [-0.05, 0) is 55.2 Å². The molecule has 0 saturated carbocycles. The predicted molar refractivity (Wildman–Crippen MR) is 89.3 cm³/mol. The first kappa shape index (κ1) is 17.7. The highest BCUT2D eigenvalue weighted by molar-refractivity contribution is 5.93. The van der Waals surface area contributed by atoms with Crippen LogP contribution in [0.2, 0.25) is 0 Å². The fraction of sp³-hybridized carbons (Fsp3) is 0.263. The van der Waals surface area contributed by atoms with Crippen LogP contribution in [0.1, 0.15) is 27.0 Å². The molecule has 0 atom stereocenters. The third kappa shape index (κ3) is 4.91. The summed E-state index contributed by atoms with van der Waals surface area (Å²) in [5.74, 6) is -1.17. The van der Waals surface area contributed by atoms with Gasteiger partial charge < -0.3 is 10.1 Å². The number of carbonyl (C=O) groups excluding carboxylic acids is 2. The quantitative estimate of drug-likeness (QED) is 0.829. The molecule has 0 bridgehead atoms. The van der Waals surface area contributed by atoms with Gasteiger partial charge in [-0.25, -0.2) is 9.18 Å². The van der Waals surface area contributed by atoms with E-state index in [1.807, 2.05) is 19.9 Å². The number of nitrogens with one attached hydrogen (secondary N) is 1. The normalized spacial score (nSPS) is 10.3. The second-order valence-electron chi connectivity index (χ2n) is 5.55. The van der Waals surface area contributed by atoms with Crippen molar-refractivity contribution in [2.45, 2.75) is 20.3 Å². The number of amides is 1. The van der Waals surface area contributed by atoms with Gasteiger partial charge in [-0.1, -0.05) is 24.3 Å². The van der Waals surface area contributed by atoms with Gasteiger partial charge in [0.2, 0.25) is 0 Å². The number of rotatable bonds is 6. The topological polar surface area (TPSA) is 55.4 Å². The lowest BCUT2D eigenvalue weighted by molar-refractivity contribution is -0.124. The van der Waals surface area contributed by atoms with Gasteiger partial charge in [-0.15, -0.1) is 0 Å². The summed E-state index contributed by atoms with van der Waals surface area (Å²) in [6.07, 6.45) is 0.580. The van der Waals surface area contributed by atoms with E-state index in [2.05, 4.69) is 5.32 Å². The maximum absolute atomic E-state index is 12.8. The summed E-state index contributed by atoms with van der Waals surface area (Å²) in [4.78, 5) is 23.7. The van der Waals surface area contributed by atoms with Crippen LogP contribution in [0.15, 0.2) is 42.5 Å². The molecule has 0 aliphatic carbocycles. The molecule has 2 rings (SSSR count). The lowest BCUT2D eigenvalue weighted by atomic mass is 10.0. The van der Waals surface area contributed by atoms with Crippen LogP contribution in [-0.2, 0) is 16.0 Å². The van der Waals surface area contributed by atoms with Crippen molar-refractivity contribution in [1.82, 2.24) is 5.32 Å². The maximum atomic E-state index is 12.8. The second kappa shape index (κ2) is 8.24. The molecule has 0 aliphatic heterocycles. The van der Waals surface area contributed by atoms with Crippen molar-refractivity contribution in [2.75, 3.05) is 13.2 Å². The Morgan fingerprint density at radius 1 is 1.08 bits per heavy atom. The summed E-state index contributed by atoms with van der Waals surface area (Å²) in [7, 11) is 0. The molecule has 4 nitrogen and oxygen atoms in total. The van der Waals surface area contributed by atoms with E-state index in [1.165, 1.54) is 12.1 Å². The Morgan fingerprint density at radius 3 is 2.50 bits per heavy atom. The van der Waals surface area contributed by atoms with E-state index in [0.717, 1.165) is 16.7 Å². The molecule has 126 valence electrons. The summed E-state index contributed by atoms with van der Waals surface area (Å²) in [5, 5.41) is 2.67. The summed E-state index contributed by atoms with van der Waals surface area (Å²) in [6.45, 7) is 3.82. The first-order valence-electron chi connectivity index (χ1n) is 7.72. The molecule has 0 radical (unpaired) electrons. The molecule has 2 aromatic carbocycles. The summed E-state index contributed by atoms with van der Waals surface area (Å²) < 4.78 is 17.8. The van der Waals surface area contributed by atoms with E-state index in [0.29, 0.717) is 18.5 Å². The van der Waals surface area contributed by atoms with E-state index < -0.39 is 5.97 Å². The van der Waals surface area contributed by atoms with Crippen LogP contribution in [0.3, 0.4) is 0 Å². The van der Waals surface area contributed by atoms with E-state index in [4.69, 9.17) is 4.74 Å². The molecule has 1 N–H and O–H groups in total. The Bertz CT molecular complexity index is 726. The van der Waals surface area contributed by atoms with Gasteiger partial charge in [0.05, 0.1) is 5.56 Å². The number of halogens is 1.